The summed E-state index contributed by atoms with van der Waals surface area (Å²) in [5.74, 6) is 2.17. The van der Waals surface area contributed by atoms with Gasteiger partial charge < -0.3 is 25.3 Å². The zero-order valence-corrected chi connectivity index (χ0v) is 19.1. The molecule has 3 aromatic carbocycles. The summed E-state index contributed by atoms with van der Waals surface area (Å²) in [6, 6.07) is 22.0. The van der Waals surface area contributed by atoms with Crippen LogP contribution in [0, 0.1) is 0 Å². The van der Waals surface area contributed by atoms with Crippen LogP contribution in [-0.2, 0) is 11.4 Å². The van der Waals surface area contributed by atoms with Crippen molar-refractivity contribution >= 4 is 17.4 Å². The number of carbonyl (C=O) groups excluding carboxylic acids is 1. The number of benzene rings is 3. The predicted molar refractivity (Wildman–Crippen MR) is 135 cm³/mol. The minimum Gasteiger partial charge on any atom is -0.496 e. The van der Waals surface area contributed by atoms with Crippen LogP contribution in [0.25, 0.3) is 11.1 Å². The first-order chi connectivity index (χ1) is 17.1. The molecule has 0 radical (unpaired) electrons. The summed E-state index contributed by atoms with van der Waals surface area (Å²) in [6.45, 7) is 3.82. The van der Waals surface area contributed by atoms with E-state index in [-0.39, 0.29) is 17.6 Å². The Morgan fingerprint density at radius 3 is 2.60 bits per heavy atom. The van der Waals surface area contributed by atoms with E-state index >= 15 is 0 Å². The van der Waals surface area contributed by atoms with E-state index in [1.54, 1.807) is 31.4 Å². The van der Waals surface area contributed by atoms with E-state index in [0.29, 0.717) is 29.4 Å². The summed E-state index contributed by atoms with van der Waals surface area (Å²) in [5.41, 5.74) is 9.00. The lowest BCUT2D eigenvalue weighted by Crippen LogP contribution is -2.07. The van der Waals surface area contributed by atoms with E-state index < -0.39 is 0 Å². The van der Waals surface area contributed by atoms with E-state index in [0.717, 1.165) is 16.9 Å². The fraction of sp³-hybridized carbons (Fsp3) is 0.0741. The average Bonchev–Trinajstić information content (AvgIpc) is 2.88. The van der Waals surface area contributed by atoms with Gasteiger partial charge in [0.15, 0.2) is 0 Å². The first-order valence-corrected chi connectivity index (χ1v) is 10.7. The van der Waals surface area contributed by atoms with E-state index in [2.05, 4.69) is 21.9 Å². The quantitative estimate of drug-likeness (QED) is 0.324. The number of hydrogen-bond acceptors (Lipinski definition) is 7. The Balaban J connectivity index is 1.53. The molecule has 8 nitrogen and oxygen atoms in total. The molecule has 3 N–H and O–H groups in total. The SMILES string of the molecule is C=CC(=O)Nc1cccc(Oc2ncnc(N)c2-c2ccc(OCc3ccccc3OC)cc2)c1. The second-order valence-electron chi connectivity index (χ2n) is 7.39. The lowest BCUT2D eigenvalue weighted by atomic mass is 10.1. The highest BCUT2D eigenvalue weighted by molar-refractivity contribution is 5.98. The van der Waals surface area contributed by atoms with Gasteiger partial charge in [-0.15, -0.1) is 0 Å². The molecule has 0 unspecified atom stereocenters. The van der Waals surface area contributed by atoms with Crippen molar-refractivity contribution in [3.63, 3.8) is 0 Å². The molecule has 1 amide bonds. The van der Waals surface area contributed by atoms with Crippen LogP contribution in [0.4, 0.5) is 11.5 Å². The fourth-order valence-electron chi connectivity index (χ4n) is 3.37. The highest BCUT2D eigenvalue weighted by Crippen LogP contribution is 2.36. The number of amides is 1. The minimum absolute atomic E-state index is 0.272. The second-order valence-corrected chi connectivity index (χ2v) is 7.39. The lowest BCUT2D eigenvalue weighted by Gasteiger charge is -2.13. The Hall–Kier alpha value is -4.85. The molecule has 0 aliphatic heterocycles. The Labute approximate surface area is 203 Å². The van der Waals surface area contributed by atoms with Crippen LogP contribution in [0.2, 0.25) is 0 Å². The van der Waals surface area contributed by atoms with Crippen LogP contribution in [0.3, 0.4) is 0 Å². The third kappa shape index (κ3) is 5.75. The number of ether oxygens (including phenoxy) is 3. The van der Waals surface area contributed by atoms with Crippen molar-refractivity contribution in [1.29, 1.82) is 0 Å². The smallest absolute Gasteiger partial charge is 0.247 e. The molecule has 8 heteroatoms. The Kier molecular flexibility index (Phi) is 7.22. The number of carbonyl (C=O) groups is 1. The average molecular weight is 469 g/mol. The van der Waals surface area contributed by atoms with Gasteiger partial charge in [-0.05, 0) is 42.0 Å². The van der Waals surface area contributed by atoms with Gasteiger partial charge in [-0.1, -0.05) is 43.0 Å². The molecule has 0 saturated carbocycles. The predicted octanol–water partition coefficient (Wildman–Crippen LogP) is 5.23. The second kappa shape index (κ2) is 10.8. The molecule has 0 atom stereocenters. The van der Waals surface area contributed by atoms with Crippen LogP contribution in [-0.4, -0.2) is 23.0 Å². The molecule has 1 aromatic heterocycles. The maximum absolute atomic E-state index is 11.6. The van der Waals surface area contributed by atoms with Crippen molar-refractivity contribution in [2.24, 2.45) is 0 Å². The fourth-order valence-corrected chi connectivity index (χ4v) is 3.37. The summed E-state index contributed by atoms with van der Waals surface area (Å²) in [5, 5.41) is 2.70. The van der Waals surface area contributed by atoms with Gasteiger partial charge in [0.25, 0.3) is 0 Å². The number of nitrogens with one attached hydrogen (secondary N) is 1. The standard InChI is InChI=1S/C27H24N4O4/c1-3-24(32)31-20-8-6-9-22(15-20)35-27-25(26(28)29-17-30-27)18-11-13-21(14-12-18)34-16-19-7-4-5-10-23(19)33-2/h3-15,17H,1,16H2,2H3,(H,31,32)(H2,28,29,30). The van der Waals surface area contributed by atoms with Gasteiger partial charge in [-0.2, -0.15) is 0 Å². The number of methoxy groups -OCH3 is 1. The Bertz CT molecular complexity index is 1340. The maximum atomic E-state index is 11.6. The molecule has 1 heterocycles. The molecule has 176 valence electrons. The molecule has 0 saturated heterocycles. The molecule has 0 aliphatic rings. The maximum Gasteiger partial charge on any atom is 0.247 e. The van der Waals surface area contributed by atoms with Gasteiger partial charge in [0.05, 0.1) is 12.7 Å². The first-order valence-electron chi connectivity index (χ1n) is 10.7. The molecule has 0 bridgehead atoms. The highest BCUT2D eigenvalue weighted by Gasteiger charge is 2.15. The van der Waals surface area contributed by atoms with Crippen molar-refractivity contribution in [3.05, 3.63) is 97.3 Å². The van der Waals surface area contributed by atoms with Crippen molar-refractivity contribution in [2.45, 2.75) is 6.61 Å². The van der Waals surface area contributed by atoms with Gasteiger partial charge in [-0.3, -0.25) is 4.79 Å². The highest BCUT2D eigenvalue weighted by atomic mass is 16.5. The van der Waals surface area contributed by atoms with Crippen LogP contribution in [0.5, 0.6) is 23.1 Å². The number of anilines is 2. The van der Waals surface area contributed by atoms with Gasteiger partial charge >= 0.3 is 0 Å². The van der Waals surface area contributed by atoms with Gasteiger partial charge in [0.2, 0.25) is 11.8 Å². The van der Waals surface area contributed by atoms with Crippen LogP contribution >= 0.6 is 0 Å². The lowest BCUT2D eigenvalue weighted by molar-refractivity contribution is -0.111. The zero-order valence-electron chi connectivity index (χ0n) is 19.1. The van der Waals surface area contributed by atoms with Crippen LogP contribution < -0.4 is 25.3 Å². The van der Waals surface area contributed by atoms with Gasteiger partial charge in [-0.25, -0.2) is 9.97 Å². The monoisotopic (exact) mass is 468 g/mol. The molecular formula is C27H24N4O4. The third-order valence-electron chi connectivity index (χ3n) is 5.07. The van der Waals surface area contributed by atoms with Crippen LogP contribution in [0.1, 0.15) is 5.56 Å². The summed E-state index contributed by atoms with van der Waals surface area (Å²) in [4.78, 5) is 20.0. The largest absolute Gasteiger partial charge is 0.496 e. The molecule has 4 rings (SSSR count). The van der Waals surface area contributed by atoms with E-state index in [4.69, 9.17) is 19.9 Å². The van der Waals surface area contributed by atoms with Crippen molar-refractivity contribution in [2.75, 3.05) is 18.2 Å². The number of nitrogens with two attached hydrogens (primary N) is 1. The van der Waals surface area contributed by atoms with E-state index in [1.807, 2.05) is 48.5 Å². The van der Waals surface area contributed by atoms with Gasteiger partial charge in [0, 0.05) is 17.3 Å². The normalized spacial score (nSPS) is 10.3. The first kappa shape index (κ1) is 23.3. The zero-order chi connectivity index (χ0) is 24.6. The molecule has 0 spiro atoms. The molecule has 35 heavy (non-hydrogen) atoms. The number of aromatic nitrogens is 2. The van der Waals surface area contributed by atoms with Crippen molar-refractivity contribution in [3.8, 4) is 34.3 Å². The Morgan fingerprint density at radius 1 is 1.03 bits per heavy atom. The summed E-state index contributed by atoms with van der Waals surface area (Å²) < 4.78 is 17.3. The molecule has 0 aliphatic carbocycles. The molecular weight excluding hydrogens is 444 g/mol. The van der Waals surface area contributed by atoms with Crippen molar-refractivity contribution in [1.82, 2.24) is 9.97 Å². The summed E-state index contributed by atoms with van der Waals surface area (Å²) in [6.07, 6.45) is 2.53. The summed E-state index contributed by atoms with van der Waals surface area (Å²) in [7, 11) is 1.63. The topological polar surface area (TPSA) is 109 Å². The van der Waals surface area contributed by atoms with Crippen molar-refractivity contribution < 1.29 is 19.0 Å². The number of nitrogen functional groups attached to an aromatic ring is 1. The number of hydrogen-bond donors (Lipinski definition) is 2. The van der Waals surface area contributed by atoms with E-state index in [9.17, 15) is 4.79 Å². The number of para-hydroxylation sites is 1. The molecule has 0 fully saturated rings. The molecule has 4 aromatic rings. The van der Waals surface area contributed by atoms with Crippen LogP contribution in [0.15, 0.2) is 91.8 Å². The number of rotatable bonds is 9. The van der Waals surface area contributed by atoms with Gasteiger partial charge in [0.1, 0.15) is 36.0 Å². The minimum atomic E-state index is -0.317. The third-order valence-corrected chi connectivity index (χ3v) is 5.07. The van der Waals surface area contributed by atoms with E-state index in [1.165, 1.54) is 12.4 Å². The summed E-state index contributed by atoms with van der Waals surface area (Å²) >= 11 is 0. The number of nitrogens with zero attached hydrogens (tertiary/aromatic N) is 2. The Morgan fingerprint density at radius 2 is 1.83 bits per heavy atom.